The van der Waals surface area contributed by atoms with Gasteiger partial charge in [-0.2, -0.15) is 0 Å². The molecule has 4 rings (SSSR count). The van der Waals surface area contributed by atoms with Gasteiger partial charge in [-0.05, 0) is 56.1 Å². The maximum Gasteiger partial charge on any atom is 0.126 e. The number of benzene rings is 2. The van der Waals surface area contributed by atoms with Crippen LogP contribution in [-0.4, -0.2) is 40.4 Å². The summed E-state index contributed by atoms with van der Waals surface area (Å²) in [5.74, 6) is 0.836. The fraction of sp³-hybridized carbons (Fsp3) is 0.458. The van der Waals surface area contributed by atoms with Gasteiger partial charge in [0.2, 0.25) is 0 Å². The lowest BCUT2D eigenvalue weighted by Gasteiger charge is -2.43. The number of aromatic nitrogens is 2. The van der Waals surface area contributed by atoms with E-state index in [0.717, 1.165) is 36.3 Å². The van der Waals surface area contributed by atoms with Gasteiger partial charge in [-0.25, -0.2) is 13.8 Å². The van der Waals surface area contributed by atoms with Crippen molar-refractivity contribution in [2.45, 2.75) is 44.6 Å². The number of H-pyrrole nitrogens is 1. The molecule has 1 aromatic heterocycles. The van der Waals surface area contributed by atoms with Crippen LogP contribution in [0.2, 0.25) is 0 Å². The van der Waals surface area contributed by atoms with Crippen molar-refractivity contribution < 1.29 is 18.6 Å². The summed E-state index contributed by atoms with van der Waals surface area (Å²) in [6.07, 6.45) is 2.16. The van der Waals surface area contributed by atoms with Crippen LogP contribution >= 0.6 is 0 Å². The van der Waals surface area contributed by atoms with Gasteiger partial charge in [-0.15, -0.1) is 0 Å². The molecule has 5 nitrogen and oxygen atoms in total. The van der Waals surface area contributed by atoms with E-state index in [2.05, 4.69) is 29.1 Å². The number of halogens is 2. The van der Waals surface area contributed by atoms with Gasteiger partial charge >= 0.3 is 0 Å². The van der Waals surface area contributed by atoms with E-state index >= 15 is 0 Å². The number of rotatable bonds is 8. The Hall–Kier alpha value is -2.51. The Morgan fingerprint density at radius 2 is 1.97 bits per heavy atom. The van der Waals surface area contributed by atoms with Gasteiger partial charge in [0.05, 0.1) is 11.0 Å². The van der Waals surface area contributed by atoms with Crippen LogP contribution in [0.1, 0.15) is 44.0 Å². The molecule has 0 saturated heterocycles. The minimum atomic E-state index is -1.01. The molecule has 0 saturated carbocycles. The molecule has 31 heavy (non-hydrogen) atoms. The third-order valence-corrected chi connectivity index (χ3v) is 6.03. The van der Waals surface area contributed by atoms with Crippen LogP contribution in [0.15, 0.2) is 36.4 Å². The highest BCUT2D eigenvalue weighted by molar-refractivity contribution is 5.74. The quantitative estimate of drug-likeness (QED) is 0.467. The van der Waals surface area contributed by atoms with Crippen molar-refractivity contribution in [1.29, 1.82) is 0 Å². The molecule has 0 bridgehead atoms. The summed E-state index contributed by atoms with van der Waals surface area (Å²) >= 11 is 0. The van der Waals surface area contributed by atoms with Crippen LogP contribution in [0.25, 0.3) is 11.0 Å². The van der Waals surface area contributed by atoms with Gasteiger partial charge in [-0.1, -0.05) is 19.9 Å². The maximum absolute atomic E-state index is 13.6. The van der Waals surface area contributed by atoms with Gasteiger partial charge in [0.25, 0.3) is 0 Å². The number of nitrogens with zero attached hydrogens (tertiary/aromatic N) is 1. The zero-order valence-electron chi connectivity index (χ0n) is 17.9. The molecule has 0 aliphatic carbocycles. The van der Waals surface area contributed by atoms with E-state index in [-0.39, 0.29) is 30.1 Å². The van der Waals surface area contributed by atoms with E-state index in [1.54, 1.807) is 12.1 Å². The lowest BCUT2D eigenvalue weighted by Crippen LogP contribution is -2.49. The SMILES string of the molecule is CC(C)[C@H]1c2ccc(F)cc2OC[C@]1(O)CCNCCCc1nc2ccc(F)cc2[nH]1. The monoisotopic (exact) mass is 429 g/mol. The molecule has 0 spiro atoms. The minimum absolute atomic E-state index is 0.116. The van der Waals surface area contributed by atoms with Gasteiger partial charge in [0, 0.05) is 24.0 Å². The second-order valence-corrected chi connectivity index (χ2v) is 8.74. The molecule has 0 amide bonds. The first-order chi connectivity index (χ1) is 14.9. The fourth-order valence-electron chi connectivity index (χ4n) is 4.64. The van der Waals surface area contributed by atoms with Crippen molar-refractivity contribution >= 4 is 11.0 Å². The summed E-state index contributed by atoms with van der Waals surface area (Å²) in [7, 11) is 0. The molecule has 3 N–H and O–H groups in total. The van der Waals surface area contributed by atoms with E-state index in [0.29, 0.717) is 24.2 Å². The molecule has 7 heteroatoms. The lowest BCUT2D eigenvalue weighted by atomic mass is 9.72. The normalized spacial score (nSPS) is 20.8. The molecule has 2 heterocycles. The first-order valence-electron chi connectivity index (χ1n) is 10.9. The average molecular weight is 430 g/mol. The molecule has 2 atom stereocenters. The van der Waals surface area contributed by atoms with Crippen LogP contribution in [-0.2, 0) is 6.42 Å². The second kappa shape index (κ2) is 8.93. The highest BCUT2D eigenvalue weighted by atomic mass is 19.1. The Balaban J connectivity index is 1.28. The first kappa shape index (κ1) is 21.7. The summed E-state index contributed by atoms with van der Waals surface area (Å²) in [5, 5.41) is 14.7. The number of aryl methyl sites for hydroxylation is 1. The average Bonchev–Trinajstić information content (AvgIpc) is 3.12. The maximum atomic E-state index is 13.6. The van der Waals surface area contributed by atoms with Crippen molar-refractivity contribution in [1.82, 2.24) is 15.3 Å². The molecule has 1 aliphatic rings. The number of fused-ring (bicyclic) bond motifs is 2. The van der Waals surface area contributed by atoms with E-state index in [4.69, 9.17) is 4.74 Å². The number of hydrogen-bond donors (Lipinski definition) is 3. The molecule has 166 valence electrons. The van der Waals surface area contributed by atoms with Crippen molar-refractivity contribution in [3.05, 3.63) is 59.4 Å². The Kier molecular flexibility index (Phi) is 6.25. The third-order valence-electron chi connectivity index (χ3n) is 6.03. The highest BCUT2D eigenvalue weighted by Gasteiger charge is 2.44. The Morgan fingerprint density at radius 1 is 1.19 bits per heavy atom. The molecular weight excluding hydrogens is 400 g/mol. The largest absolute Gasteiger partial charge is 0.490 e. The van der Waals surface area contributed by atoms with Crippen LogP contribution in [0.3, 0.4) is 0 Å². The summed E-state index contributed by atoms with van der Waals surface area (Å²) in [4.78, 5) is 7.63. The van der Waals surface area contributed by atoms with E-state index in [1.165, 1.54) is 24.3 Å². The summed E-state index contributed by atoms with van der Waals surface area (Å²) in [6, 6.07) is 9.09. The zero-order chi connectivity index (χ0) is 22.0. The van der Waals surface area contributed by atoms with Crippen LogP contribution in [0, 0.1) is 17.6 Å². The van der Waals surface area contributed by atoms with E-state index in [1.807, 2.05) is 0 Å². The highest BCUT2D eigenvalue weighted by Crippen LogP contribution is 2.45. The lowest BCUT2D eigenvalue weighted by molar-refractivity contribution is -0.0595. The fourth-order valence-corrected chi connectivity index (χ4v) is 4.64. The minimum Gasteiger partial charge on any atom is -0.490 e. The smallest absolute Gasteiger partial charge is 0.126 e. The summed E-state index contributed by atoms with van der Waals surface area (Å²) < 4.78 is 32.6. The van der Waals surface area contributed by atoms with E-state index < -0.39 is 5.60 Å². The van der Waals surface area contributed by atoms with Crippen LogP contribution < -0.4 is 10.1 Å². The molecule has 0 fully saturated rings. The molecule has 0 radical (unpaired) electrons. The Labute approximate surface area is 180 Å². The zero-order valence-corrected chi connectivity index (χ0v) is 17.9. The molecule has 0 unspecified atom stereocenters. The number of nitrogens with one attached hydrogen (secondary N) is 2. The van der Waals surface area contributed by atoms with Gasteiger partial charge < -0.3 is 20.1 Å². The number of hydrogen-bond acceptors (Lipinski definition) is 4. The standard InChI is InChI=1S/C24H29F2N3O2/c1-15(2)23-18-7-5-17(26)13-21(18)31-14-24(23,30)9-11-27-10-3-4-22-28-19-8-6-16(25)12-20(19)29-22/h5-8,12-13,15,23,27,30H,3-4,9-11,14H2,1-2H3,(H,28,29)/t23-,24+/m0/s1. The van der Waals surface area contributed by atoms with Crippen molar-refractivity contribution in [3.8, 4) is 5.75 Å². The summed E-state index contributed by atoms with van der Waals surface area (Å²) in [5.41, 5.74) is 1.34. The van der Waals surface area contributed by atoms with Gasteiger partial charge in [-0.3, -0.25) is 0 Å². The predicted molar refractivity (Wildman–Crippen MR) is 116 cm³/mol. The number of imidazole rings is 1. The number of aliphatic hydroxyl groups is 1. The van der Waals surface area contributed by atoms with Gasteiger partial charge in [0.15, 0.2) is 0 Å². The van der Waals surface area contributed by atoms with E-state index in [9.17, 15) is 13.9 Å². The number of aromatic amines is 1. The van der Waals surface area contributed by atoms with Crippen molar-refractivity contribution in [3.63, 3.8) is 0 Å². The topological polar surface area (TPSA) is 70.2 Å². The number of ether oxygens (including phenoxy) is 1. The molecule has 3 aromatic rings. The third kappa shape index (κ3) is 4.72. The van der Waals surface area contributed by atoms with Gasteiger partial charge in [0.1, 0.15) is 35.4 Å². The van der Waals surface area contributed by atoms with Crippen LogP contribution in [0.4, 0.5) is 8.78 Å². The van der Waals surface area contributed by atoms with Crippen LogP contribution in [0.5, 0.6) is 5.75 Å². The molecule has 1 aliphatic heterocycles. The predicted octanol–water partition coefficient (Wildman–Crippen LogP) is 4.32. The van der Waals surface area contributed by atoms with Crippen molar-refractivity contribution in [2.24, 2.45) is 5.92 Å². The second-order valence-electron chi connectivity index (χ2n) is 8.74. The van der Waals surface area contributed by atoms with Crippen molar-refractivity contribution in [2.75, 3.05) is 19.7 Å². The molecular formula is C24H29F2N3O2. The summed E-state index contributed by atoms with van der Waals surface area (Å²) in [6.45, 7) is 5.71. The molecule has 2 aromatic carbocycles. The Morgan fingerprint density at radius 3 is 2.77 bits per heavy atom. The Bertz CT molecular complexity index is 1050. The first-order valence-corrected chi connectivity index (χ1v) is 10.9.